The first-order chi connectivity index (χ1) is 6.40. The molecule has 1 aromatic heterocycles. The standard InChI is InChI=1S/C12H17N/c1-2-10-5-3-7-12-11(9-10)6-4-8-13-12/h4,6,8,10H,2-3,5,7,9H2,1H3. The van der Waals surface area contributed by atoms with Crippen LogP contribution in [0.2, 0.25) is 0 Å². The van der Waals surface area contributed by atoms with Crippen LogP contribution in [-0.2, 0) is 12.8 Å². The lowest BCUT2D eigenvalue weighted by atomic mass is 9.96. The van der Waals surface area contributed by atoms with E-state index in [-0.39, 0.29) is 0 Å². The molecular formula is C12H17N. The Hall–Kier alpha value is -0.850. The van der Waals surface area contributed by atoms with Crippen molar-refractivity contribution in [3.63, 3.8) is 0 Å². The van der Waals surface area contributed by atoms with E-state index in [4.69, 9.17) is 0 Å². The number of hydrogen-bond donors (Lipinski definition) is 0. The van der Waals surface area contributed by atoms with Gasteiger partial charge in [0.1, 0.15) is 0 Å². The van der Waals surface area contributed by atoms with Crippen LogP contribution in [0.15, 0.2) is 18.3 Å². The van der Waals surface area contributed by atoms with Crippen LogP contribution in [0.4, 0.5) is 0 Å². The molecule has 0 N–H and O–H groups in total. The van der Waals surface area contributed by atoms with Crippen LogP contribution in [0.5, 0.6) is 0 Å². The van der Waals surface area contributed by atoms with E-state index in [0.717, 1.165) is 5.92 Å². The fraction of sp³-hybridized carbons (Fsp3) is 0.583. The van der Waals surface area contributed by atoms with Crippen LogP contribution < -0.4 is 0 Å². The summed E-state index contributed by atoms with van der Waals surface area (Å²) in [6, 6.07) is 4.31. The van der Waals surface area contributed by atoms with Crippen LogP contribution >= 0.6 is 0 Å². The van der Waals surface area contributed by atoms with Crippen LogP contribution in [0.3, 0.4) is 0 Å². The Morgan fingerprint density at radius 3 is 3.31 bits per heavy atom. The first-order valence-electron chi connectivity index (χ1n) is 5.33. The molecule has 2 rings (SSSR count). The molecule has 0 amide bonds. The smallest absolute Gasteiger partial charge is 0.0435 e. The zero-order chi connectivity index (χ0) is 9.10. The molecule has 0 fully saturated rings. The predicted octanol–water partition coefficient (Wildman–Crippen LogP) is 2.99. The van der Waals surface area contributed by atoms with Crippen LogP contribution in [0, 0.1) is 5.92 Å². The Morgan fingerprint density at radius 2 is 2.46 bits per heavy atom. The number of aryl methyl sites for hydroxylation is 1. The quantitative estimate of drug-likeness (QED) is 0.598. The highest BCUT2D eigenvalue weighted by molar-refractivity contribution is 5.21. The fourth-order valence-electron chi connectivity index (χ4n) is 2.20. The van der Waals surface area contributed by atoms with E-state index >= 15 is 0 Å². The Labute approximate surface area is 80.2 Å². The molecule has 1 nitrogen and oxygen atoms in total. The second kappa shape index (κ2) is 3.91. The van der Waals surface area contributed by atoms with Gasteiger partial charge in [0, 0.05) is 11.9 Å². The van der Waals surface area contributed by atoms with Gasteiger partial charge < -0.3 is 0 Å². The lowest BCUT2D eigenvalue weighted by Gasteiger charge is -2.10. The van der Waals surface area contributed by atoms with Crippen molar-refractivity contribution in [3.8, 4) is 0 Å². The molecule has 70 valence electrons. The van der Waals surface area contributed by atoms with Crippen molar-refractivity contribution in [1.82, 2.24) is 4.98 Å². The molecule has 0 saturated heterocycles. The summed E-state index contributed by atoms with van der Waals surface area (Å²) in [6.45, 7) is 2.30. The van der Waals surface area contributed by atoms with Gasteiger partial charge in [-0.2, -0.15) is 0 Å². The highest BCUT2D eigenvalue weighted by Gasteiger charge is 2.15. The number of hydrogen-bond acceptors (Lipinski definition) is 1. The summed E-state index contributed by atoms with van der Waals surface area (Å²) in [5.74, 6) is 0.894. The van der Waals surface area contributed by atoms with Crippen molar-refractivity contribution in [2.75, 3.05) is 0 Å². The van der Waals surface area contributed by atoms with E-state index in [0.29, 0.717) is 0 Å². The molecule has 0 aromatic carbocycles. The van der Waals surface area contributed by atoms with Crippen LogP contribution in [0.25, 0.3) is 0 Å². The number of nitrogens with zero attached hydrogens (tertiary/aromatic N) is 1. The van der Waals surface area contributed by atoms with E-state index < -0.39 is 0 Å². The molecule has 0 saturated carbocycles. The van der Waals surface area contributed by atoms with Crippen molar-refractivity contribution in [2.24, 2.45) is 5.92 Å². The minimum Gasteiger partial charge on any atom is -0.261 e. The number of rotatable bonds is 1. The normalized spacial score (nSPS) is 22.1. The van der Waals surface area contributed by atoms with Crippen molar-refractivity contribution < 1.29 is 0 Å². The average Bonchev–Trinajstić information content (AvgIpc) is 2.38. The van der Waals surface area contributed by atoms with Gasteiger partial charge in [-0.25, -0.2) is 0 Å². The predicted molar refractivity (Wildman–Crippen MR) is 54.7 cm³/mol. The third kappa shape index (κ3) is 1.90. The molecule has 0 radical (unpaired) electrons. The summed E-state index contributed by atoms with van der Waals surface area (Å²) in [5, 5.41) is 0. The molecule has 1 aliphatic carbocycles. The van der Waals surface area contributed by atoms with Gasteiger partial charge >= 0.3 is 0 Å². The third-order valence-corrected chi connectivity index (χ3v) is 3.10. The van der Waals surface area contributed by atoms with E-state index in [1.54, 1.807) is 0 Å². The molecular weight excluding hydrogens is 158 g/mol. The summed E-state index contributed by atoms with van der Waals surface area (Å²) in [7, 11) is 0. The number of aromatic nitrogens is 1. The average molecular weight is 175 g/mol. The molecule has 1 aliphatic rings. The second-order valence-corrected chi connectivity index (χ2v) is 3.98. The largest absolute Gasteiger partial charge is 0.261 e. The third-order valence-electron chi connectivity index (χ3n) is 3.10. The van der Waals surface area contributed by atoms with Crippen molar-refractivity contribution in [1.29, 1.82) is 0 Å². The van der Waals surface area contributed by atoms with Gasteiger partial charge in [0.15, 0.2) is 0 Å². The SMILES string of the molecule is CCC1CCCc2ncccc2C1. The van der Waals surface area contributed by atoms with Crippen molar-refractivity contribution in [2.45, 2.75) is 39.0 Å². The maximum atomic E-state index is 4.45. The zero-order valence-corrected chi connectivity index (χ0v) is 8.29. The van der Waals surface area contributed by atoms with E-state index in [1.807, 2.05) is 6.20 Å². The van der Waals surface area contributed by atoms with Gasteiger partial charge in [0.25, 0.3) is 0 Å². The maximum Gasteiger partial charge on any atom is 0.0435 e. The van der Waals surface area contributed by atoms with E-state index in [9.17, 15) is 0 Å². The Bertz CT molecular complexity index is 280. The molecule has 1 atom stereocenters. The minimum absolute atomic E-state index is 0.894. The summed E-state index contributed by atoms with van der Waals surface area (Å²) in [6.07, 6.45) is 8.38. The molecule has 1 heterocycles. The maximum absolute atomic E-state index is 4.45. The van der Waals surface area contributed by atoms with Gasteiger partial charge in [-0.3, -0.25) is 4.98 Å². The first-order valence-corrected chi connectivity index (χ1v) is 5.33. The Morgan fingerprint density at radius 1 is 1.54 bits per heavy atom. The van der Waals surface area contributed by atoms with Gasteiger partial charge in [-0.1, -0.05) is 19.4 Å². The van der Waals surface area contributed by atoms with Gasteiger partial charge in [0.2, 0.25) is 0 Å². The van der Waals surface area contributed by atoms with E-state index in [2.05, 4.69) is 24.0 Å². The monoisotopic (exact) mass is 175 g/mol. The van der Waals surface area contributed by atoms with Crippen molar-refractivity contribution >= 4 is 0 Å². The highest BCUT2D eigenvalue weighted by atomic mass is 14.7. The van der Waals surface area contributed by atoms with Crippen LogP contribution in [-0.4, -0.2) is 4.98 Å². The lowest BCUT2D eigenvalue weighted by molar-refractivity contribution is 0.466. The summed E-state index contributed by atoms with van der Waals surface area (Å²) in [5.41, 5.74) is 2.84. The number of pyridine rings is 1. The molecule has 0 spiro atoms. The van der Waals surface area contributed by atoms with Gasteiger partial charge in [0.05, 0.1) is 0 Å². The molecule has 1 heteroatoms. The first kappa shape index (κ1) is 8.74. The van der Waals surface area contributed by atoms with Crippen LogP contribution in [0.1, 0.15) is 37.4 Å². The van der Waals surface area contributed by atoms with Gasteiger partial charge in [-0.15, -0.1) is 0 Å². The summed E-state index contributed by atoms with van der Waals surface area (Å²) in [4.78, 5) is 4.45. The summed E-state index contributed by atoms with van der Waals surface area (Å²) >= 11 is 0. The minimum atomic E-state index is 0.894. The van der Waals surface area contributed by atoms with E-state index in [1.165, 1.54) is 43.4 Å². The fourth-order valence-corrected chi connectivity index (χ4v) is 2.20. The molecule has 0 bridgehead atoms. The van der Waals surface area contributed by atoms with Crippen molar-refractivity contribution in [3.05, 3.63) is 29.6 Å². The topological polar surface area (TPSA) is 12.9 Å². The van der Waals surface area contributed by atoms with Gasteiger partial charge in [-0.05, 0) is 43.2 Å². The lowest BCUT2D eigenvalue weighted by Crippen LogP contribution is -2.01. The Balaban J connectivity index is 2.23. The molecule has 13 heavy (non-hydrogen) atoms. The molecule has 1 aromatic rings. The summed E-state index contributed by atoms with van der Waals surface area (Å²) < 4.78 is 0. The zero-order valence-electron chi connectivity index (χ0n) is 8.29. The molecule has 1 unspecified atom stereocenters. The molecule has 0 aliphatic heterocycles. The Kier molecular flexibility index (Phi) is 2.62. The highest BCUT2D eigenvalue weighted by Crippen LogP contribution is 2.24. The number of fused-ring (bicyclic) bond motifs is 1. The second-order valence-electron chi connectivity index (χ2n) is 3.98.